The number of hydrogen-bond donors (Lipinski definition) is 2. The SMILES string of the molecule is CC1(C)OC(O)=C2C(=O)Nc3ccccc3SC21. The fraction of sp³-hybridized carbons (Fsp3) is 0.308. The van der Waals surface area contributed by atoms with E-state index in [9.17, 15) is 9.90 Å². The van der Waals surface area contributed by atoms with Gasteiger partial charge in [0.2, 0.25) is 0 Å². The quantitative estimate of drug-likeness (QED) is 0.755. The van der Waals surface area contributed by atoms with Gasteiger partial charge in [-0.15, -0.1) is 11.8 Å². The van der Waals surface area contributed by atoms with Crippen LogP contribution in [0.4, 0.5) is 5.69 Å². The lowest BCUT2D eigenvalue weighted by atomic mass is 10.0. The Kier molecular flexibility index (Phi) is 2.35. The average Bonchev–Trinajstić information content (AvgIpc) is 2.44. The normalized spacial score (nSPS) is 24.8. The highest BCUT2D eigenvalue weighted by atomic mass is 32.2. The van der Waals surface area contributed by atoms with E-state index in [1.807, 2.05) is 38.1 Å². The summed E-state index contributed by atoms with van der Waals surface area (Å²) in [7, 11) is 0. The topological polar surface area (TPSA) is 58.6 Å². The third kappa shape index (κ3) is 1.58. The molecule has 0 fully saturated rings. The maximum Gasteiger partial charge on any atom is 0.287 e. The van der Waals surface area contributed by atoms with Gasteiger partial charge >= 0.3 is 0 Å². The molecule has 2 N–H and O–H groups in total. The Hall–Kier alpha value is -1.62. The van der Waals surface area contributed by atoms with Crippen LogP contribution in [0.2, 0.25) is 0 Å². The van der Waals surface area contributed by atoms with Crippen molar-refractivity contribution in [3.63, 3.8) is 0 Å². The van der Waals surface area contributed by atoms with E-state index in [-0.39, 0.29) is 17.1 Å². The van der Waals surface area contributed by atoms with Gasteiger partial charge in [0.25, 0.3) is 11.9 Å². The zero-order chi connectivity index (χ0) is 12.9. The molecule has 2 heterocycles. The maximum atomic E-state index is 12.1. The number of carbonyl (C=O) groups is 1. The maximum absolute atomic E-state index is 12.1. The molecule has 0 saturated heterocycles. The van der Waals surface area contributed by atoms with Gasteiger partial charge in [-0.25, -0.2) is 0 Å². The molecular weight excluding hydrogens is 250 g/mol. The smallest absolute Gasteiger partial charge is 0.287 e. The molecule has 94 valence electrons. The summed E-state index contributed by atoms with van der Waals surface area (Å²) in [6.45, 7) is 3.74. The van der Waals surface area contributed by atoms with Gasteiger partial charge in [-0.05, 0) is 26.0 Å². The second-order valence-corrected chi connectivity index (χ2v) is 6.02. The number of nitrogens with one attached hydrogen (secondary N) is 1. The summed E-state index contributed by atoms with van der Waals surface area (Å²) in [5, 5.41) is 12.4. The van der Waals surface area contributed by atoms with Crippen LogP contribution in [-0.4, -0.2) is 21.9 Å². The molecule has 1 aromatic rings. The Morgan fingerprint density at radius 1 is 1.39 bits per heavy atom. The molecular formula is C13H13NO3S. The van der Waals surface area contributed by atoms with Crippen LogP contribution in [0.5, 0.6) is 0 Å². The van der Waals surface area contributed by atoms with Crippen molar-refractivity contribution in [1.29, 1.82) is 0 Å². The first kappa shape index (κ1) is 11.5. The van der Waals surface area contributed by atoms with Crippen molar-refractivity contribution in [3.8, 4) is 0 Å². The van der Waals surface area contributed by atoms with Crippen molar-refractivity contribution < 1.29 is 14.6 Å². The van der Waals surface area contributed by atoms with E-state index in [4.69, 9.17) is 4.74 Å². The van der Waals surface area contributed by atoms with Crippen LogP contribution in [-0.2, 0) is 9.53 Å². The van der Waals surface area contributed by atoms with Crippen LogP contribution in [0.3, 0.4) is 0 Å². The van der Waals surface area contributed by atoms with Crippen molar-refractivity contribution in [2.75, 3.05) is 5.32 Å². The monoisotopic (exact) mass is 263 g/mol. The summed E-state index contributed by atoms with van der Waals surface area (Å²) in [6, 6.07) is 7.60. The fourth-order valence-corrected chi connectivity index (χ4v) is 3.54. The Morgan fingerprint density at radius 2 is 2.11 bits per heavy atom. The predicted molar refractivity (Wildman–Crippen MR) is 69.5 cm³/mol. The summed E-state index contributed by atoms with van der Waals surface area (Å²) < 4.78 is 5.39. The molecule has 4 nitrogen and oxygen atoms in total. The number of aliphatic hydroxyl groups is 1. The lowest BCUT2D eigenvalue weighted by molar-refractivity contribution is -0.113. The van der Waals surface area contributed by atoms with Gasteiger partial charge in [-0.3, -0.25) is 4.79 Å². The largest absolute Gasteiger partial charge is 0.481 e. The van der Waals surface area contributed by atoms with Crippen molar-refractivity contribution in [2.45, 2.75) is 29.6 Å². The van der Waals surface area contributed by atoms with Crippen molar-refractivity contribution >= 4 is 23.4 Å². The van der Waals surface area contributed by atoms with E-state index >= 15 is 0 Å². The highest BCUT2D eigenvalue weighted by Crippen LogP contribution is 2.47. The second-order valence-electron chi connectivity index (χ2n) is 4.87. The van der Waals surface area contributed by atoms with Gasteiger partial charge < -0.3 is 15.2 Å². The van der Waals surface area contributed by atoms with Crippen LogP contribution < -0.4 is 5.32 Å². The number of carbonyl (C=O) groups excluding carboxylic acids is 1. The number of benzene rings is 1. The molecule has 2 aliphatic heterocycles. The molecule has 0 aromatic heterocycles. The minimum absolute atomic E-state index is 0.207. The number of thioether (sulfide) groups is 1. The number of hydrogen-bond acceptors (Lipinski definition) is 4. The molecule has 0 bridgehead atoms. The Morgan fingerprint density at radius 3 is 2.89 bits per heavy atom. The van der Waals surface area contributed by atoms with Gasteiger partial charge in [0, 0.05) is 4.90 Å². The van der Waals surface area contributed by atoms with Crippen LogP contribution >= 0.6 is 11.8 Å². The van der Waals surface area contributed by atoms with Crippen molar-refractivity contribution in [3.05, 3.63) is 35.8 Å². The van der Waals surface area contributed by atoms with E-state index in [1.54, 1.807) is 0 Å². The van der Waals surface area contributed by atoms with E-state index in [2.05, 4.69) is 5.32 Å². The number of anilines is 1. The minimum atomic E-state index is -0.598. The predicted octanol–water partition coefficient (Wildman–Crippen LogP) is 2.68. The fourth-order valence-electron chi connectivity index (χ4n) is 2.22. The van der Waals surface area contributed by atoms with Gasteiger partial charge in [0.1, 0.15) is 11.2 Å². The molecule has 1 unspecified atom stereocenters. The number of aliphatic hydroxyl groups excluding tert-OH is 1. The summed E-state index contributed by atoms with van der Waals surface area (Å²) in [5.74, 6) is -0.552. The molecule has 1 atom stereocenters. The number of rotatable bonds is 0. The van der Waals surface area contributed by atoms with Crippen LogP contribution in [0.1, 0.15) is 13.8 Å². The first-order valence-corrected chi connectivity index (χ1v) is 6.56. The molecule has 0 aliphatic carbocycles. The Labute approximate surface area is 109 Å². The Balaban J connectivity index is 2.12. The van der Waals surface area contributed by atoms with Crippen molar-refractivity contribution in [1.82, 2.24) is 0 Å². The minimum Gasteiger partial charge on any atom is -0.481 e. The van der Waals surface area contributed by atoms with E-state index in [0.717, 1.165) is 10.6 Å². The van der Waals surface area contributed by atoms with Gasteiger partial charge in [0.15, 0.2) is 0 Å². The summed E-state index contributed by atoms with van der Waals surface area (Å²) in [6.07, 6.45) is 0. The summed E-state index contributed by atoms with van der Waals surface area (Å²) in [5.41, 5.74) is 0.498. The molecule has 1 amide bonds. The van der Waals surface area contributed by atoms with Crippen LogP contribution in [0.25, 0.3) is 0 Å². The van der Waals surface area contributed by atoms with Crippen LogP contribution in [0, 0.1) is 0 Å². The molecule has 0 radical (unpaired) electrons. The molecule has 5 heteroatoms. The number of fused-ring (bicyclic) bond motifs is 2. The molecule has 18 heavy (non-hydrogen) atoms. The second kappa shape index (κ2) is 3.68. The number of ether oxygens (including phenoxy) is 1. The average molecular weight is 263 g/mol. The first-order chi connectivity index (χ1) is 8.49. The molecule has 3 rings (SSSR count). The standard InChI is InChI=1S/C13H13NO3S/c1-13(2)10-9(12(16)17-13)11(15)14-7-5-3-4-6-8(7)18-10/h3-6,10,16H,1-2H3,(H,14,15). The zero-order valence-corrected chi connectivity index (χ0v) is 10.9. The molecule has 0 spiro atoms. The highest BCUT2D eigenvalue weighted by Gasteiger charge is 2.48. The number of para-hydroxylation sites is 1. The molecule has 2 aliphatic rings. The lowest BCUT2D eigenvalue weighted by Crippen LogP contribution is -2.33. The lowest BCUT2D eigenvalue weighted by Gasteiger charge is -2.25. The summed E-state index contributed by atoms with van der Waals surface area (Å²) in [4.78, 5) is 13.1. The first-order valence-electron chi connectivity index (χ1n) is 5.68. The summed E-state index contributed by atoms with van der Waals surface area (Å²) >= 11 is 1.54. The van der Waals surface area contributed by atoms with Gasteiger partial charge in [-0.1, -0.05) is 12.1 Å². The number of amides is 1. The Bertz CT molecular complexity index is 565. The van der Waals surface area contributed by atoms with Gasteiger partial charge in [-0.2, -0.15) is 0 Å². The van der Waals surface area contributed by atoms with E-state index in [0.29, 0.717) is 5.57 Å². The van der Waals surface area contributed by atoms with Crippen LogP contribution in [0.15, 0.2) is 40.7 Å². The van der Waals surface area contributed by atoms with Gasteiger partial charge in [0.05, 0.1) is 10.9 Å². The van der Waals surface area contributed by atoms with Crippen molar-refractivity contribution in [2.24, 2.45) is 0 Å². The van der Waals surface area contributed by atoms with E-state index in [1.165, 1.54) is 11.8 Å². The third-order valence-corrected chi connectivity index (χ3v) is 4.76. The molecule has 0 saturated carbocycles. The molecule has 1 aromatic carbocycles. The zero-order valence-electron chi connectivity index (χ0n) is 10.1. The van der Waals surface area contributed by atoms with E-state index < -0.39 is 5.60 Å². The third-order valence-electron chi connectivity index (χ3n) is 3.11. The highest BCUT2D eigenvalue weighted by molar-refractivity contribution is 8.00.